The van der Waals surface area contributed by atoms with E-state index >= 15 is 0 Å². The first-order chi connectivity index (χ1) is 22.9. The van der Waals surface area contributed by atoms with Gasteiger partial charge in [-0.3, -0.25) is 9.88 Å². The van der Waals surface area contributed by atoms with Crippen LogP contribution in [0.3, 0.4) is 0 Å². The van der Waals surface area contributed by atoms with Gasteiger partial charge in [-0.25, -0.2) is 19.2 Å². The molecule has 0 spiro atoms. The van der Waals surface area contributed by atoms with E-state index in [9.17, 15) is 39.6 Å². The van der Waals surface area contributed by atoms with Crippen LogP contribution in [-0.4, -0.2) is 109 Å². The third-order valence-electron chi connectivity index (χ3n) is 7.61. The zero-order valence-electron chi connectivity index (χ0n) is 25.9. The van der Waals surface area contributed by atoms with E-state index in [1.165, 1.54) is 29.0 Å². The van der Waals surface area contributed by atoms with Gasteiger partial charge < -0.3 is 30.6 Å². The zero-order valence-corrected chi connectivity index (χ0v) is 29.1. The van der Waals surface area contributed by atoms with Crippen LogP contribution in [0.25, 0.3) is 0 Å². The average molecular weight is 735 g/mol. The summed E-state index contributed by atoms with van der Waals surface area (Å²) in [5.74, 6) is -5.97. The molecule has 0 saturated carbocycles. The average Bonchev–Trinajstić information content (AvgIpc) is 3.44. The molecule has 0 aromatic carbocycles. The summed E-state index contributed by atoms with van der Waals surface area (Å²) in [6.07, 6.45) is 6.46. The lowest BCUT2D eigenvalue weighted by atomic mass is 9.77. The normalized spacial score (nSPS) is 19.5. The Morgan fingerprint density at radius 1 is 0.958 bits per heavy atom. The summed E-state index contributed by atoms with van der Waals surface area (Å²) in [4.78, 5) is 60.2. The highest BCUT2D eigenvalue weighted by Gasteiger charge is 2.48. The highest BCUT2D eigenvalue weighted by Crippen LogP contribution is 2.45. The Kier molecular flexibility index (Phi) is 13.3. The van der Waals surface area contributed by atoms with Gasteiger partial charge in [-0.1, -0.05) is 11.6 Å². The first kappa shape index (κ1) is 37.2. The molecule has 16 heteroatoms. The van der Waals surface area contributed by atoms with E-state index in [1.807, 2.05) is 12.1 Å². The number of thiophene rings is 1. The third kappa shape index (κ3) is 9.96. The van der Waals surface area contributed by atoms with E-state index in [2.05, 4.69) is 20.1 Å². The molecule has 12 nitrogen and oxygen atoms in total. The van der Waals surface area contributed by atoms with Crippen molar-refractivity contribution in [2.45, 2.75) is 30.3 Å². The molecule has 4 heterocycles. The summed E-state index contributed by atoms with van der Waals surface area (Å²) < 4.78 is 0.772. The van der Waals surface area contributed by atoms with Crippen molar-refractivity contribution in [1.29, 1.82) is 0 Å². The molecule has 1 fully saturated rings. The SMILES string of the molecule is CC1=CC(SCCCN2CCN(Cc3ccc(Cl)s3)CC2)=C(C(=CC(=O)O)C(=O)O)C(CSc2ccncc2)(C(=CC(=O)O)C(=O)O)N1. The number of carbonyl (C=O) groups is 4. The van der Waals surface area contributed by atoms with E-state index in [0.717, 1.165) is 55.4 Å². The van der Waals surface area contributed by atoms with Gasteiger partial charge in [0, 0.05) is 89.0 Å². The van der Waals surface area contributed by atoms with Crippen LogP contribution in [0.4, 0.5) is 0 Å². The van der Waals surface area contributed by atoms with Gasteiger partial charge in [0.15, 0.2) is 0 Å². The largest absolute Gasteiger partial charge is 0.478 e. The predicted octanol–water partition coefficient (Wildman–Crippen LogP) is 4.52. The van der Waals surface area contributed by atoms with Gasteiger partial charge in [0.1, 0.15) is 5.54 Å². The summed E-state index contributed by atoms with van der Waals surface area (Å²) in [5, 5.41) is 43.1. The monoisotopic (exact) mass is 734 g/mol. The Labute approximate surface area is 294 Å². The molecule has 0 amide bonds. The molecule has 0 bridgehead atoms. The fraction of sp³-hybridized carbons (Fsp3) is 0.344. The lowest BCUT2D eigenvalue weighted by Gasteiger charge is -2.42. The number of dihydropyridines is 1. The van der Waals surface area contributed by atoms with Gasteiger partial charge in [-0.15, -0.1) is 34.9 Å². The summed E-state index contributed by atoms with van der Waals surface area (Å²) in [6.45, 7) is 6.84. The standard InChI is InChI=1S/C32H35ClN4O8S3/c1-20-15-25(46-14-2-9-36-10-12-37(13-11-36)18-22-3-4-26(33)48-22)29(23(30(42)43)16-27(38)39)32(35-20,24(31(44)45)17-28(40)41)19-47-21-5-7-34-8-6-21/h3-8,15-17,35H,2,9-14,18-19H2,1H3,(H,38,39)(H,40,41)(H,42,43)(H,44,45). The van der Waals surface area contributed by atoms with Crippen LogP contribution in [0.2, 0.25) is 4.34 Å². The molecule has 5 N–H and O–H groups in total. The number of nitrogens with one attached hydrogen (secondary N) is 1. The molecular formula is C32H35ClN4O8S3. The highest BCUT2D eigenvalue weighted by atomic mass is 35.5. The molecule has 1 saturated heterocycles. The number of hydrogen-bond acceptors (Lipinski definition) is 11. The maximum atomic E-state index is 12.7. The Morgan fingerprint density at radius 3 is 2.21 bits per heavy atom. The summed E-state index contributed by atoms with van der Waals surface area (Å²) in [5.41, 5.74) is -2.92. The number of aromatic nitrogens is 1. The fourth-order valence-corrected chi connectivity index (χ4v) is 8.94. The molecule has 2 aliphatic rings. The third-order valence-corrected chi connectivity index (χ3v) is 11.1. The number of allylic oxidation sites excluding steroid dienone is 2. The van der Waals surface area contributed by atoms with Crippen LogP contribution in [-0.2, 0) is 25.7 Å². The van der Waals surface area contributed by atoms with Gasteiger partial charge in [0.25, 0.3) is 0 Å². The van der Waals surface area contributed by atoms with Crippen LogP contribution >= 0.6 is 46.5 Å². The number of aliphatic carboxylic acids is 4. The Hall–Kier alpha value is -3.60. The van der Waals surface area contributed by atoms with Crippen molar-refractivity contribution in [1.82, 2.24) is 20.1 Å². The number of nitrogens with zero attached hydrogens (tertiary/aromatic N) is 3. The van der Waals surface area contributed by atoms with Crippen molar-refractivity contribution in [2.24, 2.45) is 0 Å². The van der Waals surface area contributed by atoms with E-state index < -0.39 is 40.6 Å². The summed E-state index contributed by atoms with van der Waals surface area (Å²) in [6, 6.07) is 7.29. The zero-order chi connectivity index (χ0) is 34.8. The van der Waals surface area contributed by atoms with Crippen LogP contribution < -0.4 is 5.32 Å². The molecule has 2 aliphatic heterocycles. The Balaban J connectivity index is 1.63. The number of carboxylic acid groups (broad SMARTS) is 4. The molecule has 1 atom stereocenters. The number of hydrogen-bond donors (Lipinski definition) is 5. The van der Waals surface area contributed by atoms with Crippen LogP contribution in [0.15, 0.2) is 87.1 Å². The molecule has 1 unspecified atom stereocenters. The molecular weight excluding hydrogens is 700 g/mol. The summed E-state index contributed by atoms with van der Waals surface area (Å²) >= 11 is 10.1. The second-order valence-corrected chi connectivity index (χ2v) is 15.0. The minimum atomic E-state index is -1.94. The number of carboxylic acids is 4. The smallest absolute Gasteiger partial charge is 0.336 e. The van der Waals surface area contributed by atoms with Crippen LogP contribution in [0.1, 0.15) is 18.2 Å². The van der Waals surface area contributed by atoms with Crippen molar-refractivity contribution in [3.8, 4) is 0 Å². The molecule has 4 rings (SSSR count). The van der Waals surface area contributed by atoms with Crippen LogP contribution in [0, 0.1) is 0 Å². The van der Waals surface area contributed by atoms with Crippen molar-refractivity contribution >= 4 is 70.3 Å². The van der Waals surface area contributed by atoms with Crippen LogP contribution in [0.5, 0.6) is 0 Å². The molecule has 48 heavy (non-hydrogen) atoms. The second-order valence-electron chi connectivity index (χ2n) is 11.0. The topological polar surface area (TPSA) is 181 Å². The van der Waals surface area contributed by atoms with Crippen molar-refractivity contribution < 1.29 is 39.6 Å². The van der Waals surface area contributed by atoms with Gasteiger partial charge >= 0.3 is 23.9 Å². The van der Waals surface area contributed by atoms with Gasteiger partial charge in [0.05, 0.1) is 15.5 Å². The minimum absolute atomic E-state index is 0.133. The minimum Gasteiger partial charge on any atom is -0.478 e. The van der Waals surface area contributed by atoms with Gasteiger partial charge in [-0.05, 0) is 56.0 Å². The van der Waals surface area contributed by atoms with E-state index in [0.29, 0.717) is 39.8 Å². The number of rotatable bonds is 16. The first-order valence-electron chi connectivity index (χ1n) is 14.8. The quantitative estimate of drug-likeness (QED) is 0.0923. The van der Waals surface area contributed by atoms with E-state index in [-0.39, 0.29) is 11.3 Å². The number of pyridine rings is 1. The summed E-state index contributed by atoms with van der Waals surface area (Å²) in [7, 11) is 0. The molecule has 0 radical (unpaired) electrons. The number of thioether (sulfide) groups is 2. The highest BCUT2D eigenvalue weighted by molar-refractivity contribution is 8.03. The van der Waals surface area contributed by atoms with Gasteiger partial charge in [0.2, 0.25) is 0 Å². The molecule has 0 aliphatic carbocycles. The van der Waals surface area contributed by atoms with E-state index in [4.69, 9.17) is 11.6 Å². The first-order valence-corrected chi connectivity index (χ1v) is 18.0. The Morgan fingerprint density at radius 2 is 1.62 bits per heavy atom. The van der Waals surface area contributed by atoms with Crippen molar-refractivity contribution in [2.75, 3.05) is 44.2 Å². The van der Waals surface area contributed by atoms with Crippen molar-refractivity contribution in [3.63, 3.8) is 0 Å². The van der Waals surface area contributed by atoms with Crippen molar-refractivity contribution in [3.05, 3.63) is 91.4 Å². The second kappa shape index (κ2) is 17.2. The molecule has 256 valence electrons. The van der Waals surface area contributed by atoms with Gasteiger partial charge in [-0.2, -0.15) is 0 Å². The number of piperazine rings is 1. The lowest BCUT2D eigenvalue weighted by Crippen LogP contribution is -2.55. The van der Waals surface area contributed by atoms with E-state index in [1.54, 1.807) is 36.5 Å². The predicted molar refractivity (Wildman–Crippen MR) is 186 cm³/mol. The molecule has 2 aromatic rings. The Bertz CT molecular complexity index is 1650. The maximum absolute atomic E-state index is 12.7. The fourth-order valence-electron chi connectivity index (χ4n) is 5.56. The maximum Gasteiger partial charge on any atom is 0.336 e. The number of halogens is 1. The lowest BCUT2D eigenvalue weighted by molar-refractivity contribution is -0.136. The molecule has 2 aromatic heterocycles.